The number of aryl methyl sites for hydroxylation is 2. The number of carbonyl (C=O) groups is 1. The van der Waals surface area contributed by atoms with Gasteiger partial charge in [0.05, 0.1) is 30.9 Å². The summed E-state index contributed by atoms with van der Waals surface area (Å²) in [5.74, 6) is -0.264. The van der Waals surface area contributed by atoms with E-state index in [1.165, 1.54) is 31.6 Å². The number of hydrogen-bond donors (Lipinski definition) is 1. The van der Waals surface area contributed by atoms with E-state index in [9.17, 15) is 14.9 Å². The van der Waals surface area contributed by atoms with E-state index in [0.29, 0.717) is 5.13 Å². The van der Waals surface area contributed by atoms with Crippen LogP contribution in [0.2, 0.25) is 0 Å². The number of thiazole rings is 1. The van der Waals surface area contributed by atoms with Gasteiger partial charge in [-0.15, -0.1) is 11.3 Å². The Morgan fingerprint density at radius 2 is 1.83 bits per heavy atom. The van der Waals surface area contributed by atoms with Crippen LogP contribution < -0.4 is 14.8 Å². The molecule has 1 amide bonds. The van der Waals surface area contributed by atoms with Gasteiger partial charge in [-0.05, 0) is 19.4 Å². The van der Waals surface area contributed by atoms with Crippen molar-refractivity contribution in [2.24, 2.45) is 0 Å². The molecular weight excluding hydrogens is 394 g/mol. The molecule has 0 unspecified atom stereocenters. The number of nitro groups is 1. The third-order valence-corrected chi connectivity index (χ3v) is 5.08. The monoisotopic (exact) mass is 413 g/mol. The highest BCUT2D eigenvalue weighted by atomic mass is 32.1. The Morgan fingerprint density at radius 1 is 1.14 bits per heavy atom. The van der Waals surface area contributed by atoms with Crippen LogP contribution in [-0.4, -0.2) is 30.0 Å². The molecule has 0 saturated heterocycles. The fourth-order valence-corrected chi connectivity index (χ4v) is 3.63. The van der Waals surface area contributed by atoms with E-state index in [-0.39, 0.29) is 22.7 Å². The third-order valence-electron chi connectivity index (χ3n) is 4.33. The lowest BCUT2D eigenvalue weighted by molar-refractivity contribution is -0.385. The Balaban J connectivity index is 1.91. The molecule has 0 aliphatic carbocycles. The second-order valence-electron chi connectivity index (χ2n) is 6.29. The summed E-state index contributed by atoms with van der Waals surface area (Å²) in [6.07, 6.45) is 0. The van der Waals surface area contributed by atoms with Gasteiger partial charge in [0.2, 0.25) is 0 Å². The lowest BCUT2D eigenvalue weighted by Gasteiger charge is -2.10. The van der Waals surface area contributed by atoms with Crippen LogP contribution in [-0.2, 0) is 0 Å². The number of aromatic nitrogens is 1. The minimum atomic E-state index is -0.654. The maximum Gasteiger partial charge on any atom is 0.286 e. The lowest BCUT2D eigenvalue weighted by atomic mass is 10.0. The number of amides is 1. The van der Waals surface area contributed by atoms with Crippen molar-refractivity contribution in [3.05, 3.63) is 62.5 Å². The predicted octanol–water partition coefficient (Wildman–Crippen LogP) is 4.60. The summed E-state index contributed by atoms with van der Waals surface area (Å²) >= 11 is 1.24. The first-order valence-electron chi connectivity index (χ1n) is 8.59. The molecule has 0 bridgehead atoms. The maximum atomic E-state index is 12.7. The van der Waals surface area contributed by atoms with Gasteiger partial charge >= 0.3 is 0 Å². The molecule has 29 heavy (non-hydrogen) atoms. The summed E-state index contributed by atoms with van der Waals surface area (Å²) in [4.78, 5) is 27.9. The molecule has 0 radical (unpaired) electrons. The molecule has 8 nitrogen and oxygen atoms in total. The van der Waals surface area contributed by atoms with E-state index in [4.69, 9.17) is 9.47 Å². The van der Waals surface area contributed by atoms with Gasteiger partial charge in [-0.3, -0.25) is 20.2 Å². The molecule has 1 aromatic heterocycles. The smallest absolute Gasteiger partial charge is 0.286 e. The second-order valence-corrected chi connectivity index (χ2v) is 7.15. The Labute approximate surface area is 171 Å². The van der Waals surface area contributed by atoms with Crippen molar-refractivity contribution in [1.29, 1.82) is 0 Å². The molecule has 0 atom stereocenters. The zero-order chi connectivity index (χ0) is 21.1. The predicted molar refractivity (Wildman–Crippen MR) is 111 cm³/mol. The van der Waals surface area contributed by atoms with Gasteiger partial charge in [0.15, 0.2) is 16.6 Å². The average Bonchev–Trinajstić information content (AvgIpc) is 3.14. The van der Waals surface area contributed by atoms with Crippen LogP contribution in [0.15, 0.2) is 35.7 Å². The van der Waals surface area contributed by atoms with E-state index in [1.807, 2.05) is 31.4 Å². The number of methoxy groups -OCH3 is 2. The van der Waals surface area contributed by atoms with Crippen LogP contribution in [0.25, 0.3) is 11.3 Å². The first-order valence-corrected chi connectivity index (χ1v) is 9.47. The van der Waals surface area contributed by atoms with Crippen molar-refractivity contribution in [2.45, 2.75) is 13.8 Å². The van der Waals surface area contributed by atoms with Crippen LogP contribution in [0, 0.1) is 24.0 Å². The Bertz CT molecular complexity index is 1090. The highest BCUT2D eigenvalue weighted by Crippen LogP contribution is 2.35. The highest BCUT2D eigenvalue weighted by Gasteiger charge is 2.25. The van der Waals surface area contributed by atoms with Gasteiger partial charge in [-0.1, -0.05) is 23.8 Å². The minimum absolute atomic E-state index is 0.143. The molecule has 0 aliphatic rings. The van der Waals surface area contributed by atoms with Crippen LogP contribution in [0.3, 0.4) is 0 Å². The van der Waals surface area contributed by atoms with Crippen LogP contribution in [0.5, 0.6) is 11.5 Å². The van der Waals surface area contributed by atoms with Gasteiger partial charge in [0.1, 0.15) is 5.56 Å². The molecule has 1 heterocycles. The van der Waals surface area contributed by atoms with Gasteiger partial charge in [-0.2, -0.15) is 0 Å². The lowest BCUT2D eigenvalue weighted by Crippen LogP contribution is -2.14. The molecule has 150 valence electrons. The SMILES string of the molecule is COc1cc(C(=O)Nc2nc(-c3ccc(C)cc3C)cs2)c([N+](=O)[O-])cc1OC. The molecule has 3 rings (SSSR count). The normalized spacial score (nSPS) is 10.5. The molecule has 2 aromatic carbocycles. The fraction of sp³-hybridized carbons (Fsp3) is 0.200. The number of benzene rings is 2. The quantitative estimate of drug-likeness (QED) is 0.468. The van der Waals surface area contributed by atoms with Crippen LogP contribution >= 0.6 is 11.3 Å². The molecule has 0 aliphatic heterocycles. The summed E-state index contributed by atoms with van der Waals surface area (Å²) in [7, 11) is 2.76. The van der Waals surface area contributed by atoms with Crippen molar-refractivity contribution in [2.75, 3.05) is 19.5 Å². The Morgan fingerprint density at radius 3 is 2.45 bits per heavy atom. The zero-order valence-corrected chi connectivity index (χ0v) is 17.1. The van der Waals surface area contributed by atoms with E-state index in [1.54, 1.807) is 0 Å². The number of carbonyl (C=O) groups excluding carboxylic acids is 1. The first-order chi connectivity index (χ1) is 13.8. The van der Waals surface area contributed by atoms with E-state index in [0.717, 1.165) is 28.5 Å². The van der Waals surface area contributed by atoms with Gasteiger partial charge < -0.3 is 9.47 Å². The largest absolute Gasteiger partial charge is 0.493 e. The number of nitro benzene ring substituents is 1. The topological polar surface area (TPSA) is 104 Å². The van der Waals surface area contributed by atoms with Gasteiger partial charge in [-0.25, -0.2) is 4.98 Å². The number of anilines is 1. The molecule has 1 N–H and O–H groups in total. The zero-order valence-electron chi connectivity index (χ0n) is 16.3. The number of rotatable bonds is 6. The van der Waals surface area contributed by atoms with Gasteiger partial charge in [0, 0.05) is 17.0 Å². The summed E-state index contributed by atoms with van der Waals surface area (Å²) < 4.78 is 10.2. The third kappa shape index (κ3) is 4.19. The number of hydrogen-bond acceptors (Lipinski definition) is 7. The van der Waals surface area contributed by atoms with Crippen molar-refractivity contribution in [3.8, 4) is 22.8 Å². The minimum Gasteiger partial charge on any atom is -0.493 e. The summed E-state index contributed by atoms with van der Waals surface area (Å²) in [5, 5.41) is 16.2. The van der Waals surface area contributed by atoms with Crippen molar-refractivity contribution >= 4 is 28.1 Å². The molecule has 0 fully saturated rings. The van der Waals surface area contributed by atoms with E-state index >= 15 is 0 Å². The molecule has 3 aromatic rings. The average molecular weight is 413 g/mol. The van der Waals surface area contributed by atoms with Gasteiger partial charge in [0.25, 0.3) is 11.6 Å². The first kappa shape index (κ1) is 20.3. The molecule has 0 saturated carbocycles. The standard InChI is InChI=1S/C20H19N3O5S/c1-11-5-6-13(12(2)7-11)15-10-29-20(21-15)22-19(24)14-8-17(27-3)18(28-4)9-16(14)23(25)26/h5-10H,1-4H3,(H,21,22,24). The maximum absolute atomic E-state index is 12.7. The Hall–Kier alpha value is -3.46. The summed E-state index contributed by atoms with van der Waals surface area (Å²) in [6, 6.07) is 8.47. The summed E-state index contributed by atoms with van der Waals surface area (Å²) in [6.45, 7) is 4.01. The molecule has 9 heteroatoms. The Kier molecular flexibility index (Phi) is 5.79. The van der Waals surface area contributed by atoms with Crippen molar-refractivity contribution in [3.63, 3.8) is 0 Å². The summed E-state index contributed by atoms with van der Waals surface area (Å²) in [5.41, 5.74) is 3.38. The van der Waals surface area contributed by atoms with Crippen molar-refractivity contribution in [1.82, 2.24) is 4.98 Å². The molecular formula is C20H19N3O5S. The number of ether oxygens (including phenoxy) is 2. The molecule has 0 spiro atoms. The van der Waals surface area contributed by atoms with E-state index in [2.05, 4.69) is 16.4 Å². The van der Waals surface area contributed by atoms with Crippen molar-refractivity contribution < 1.29 is 19.2 Å². The fourth-order valence-electron chi connectivity index (χ4n) is 2.92. The van der Waals surface area contributed by atoms with Crippen LogP contribution in [0.1, 0.15) is 21.5 Å². The number of nitrogens with zero attached hydrogens (tertiary/aromatic N) is 2. The number of nitrogens with one attached hydrogen (secondary N) is 1. The van der Waals surface area contributed by atoms with E-state index < -0.39 is 10.8 Å². The second kappa shape index (κ2) is 8.27. The van der Waals surface area contributed by atoms with Crippen LogP contribution in [0.4, 0.5) is 10.8 Å². The highest BCUT2D eigenvalue weighted by molar-refractivity contribution is 7.14.